The molecule has 128 valence electrons. The molecule has 0 aliphatic carbocycles. The van der Waals surface area contributed by atoms with Gasteiger partial charge in [-0.25, -0.2) is 0 Å². The van der Waals surface area contributed by atoms with E-state index in [9.17, 15) is 0 Å². The van der Waals surface area contributed by atoms with E-state index in [2.05, 4.69) is 40.4 Å². The number of rotatable bonds is 14. The van der Waals surface area contributed by atoms with Gasteiger partial charge >= 0.3 is 141 Å². The third kappa shape index (κ3) is 12.1. The van der Waals surface area contributed by atoms with Crippen molar-refractivity contribution in [2.45, 2.75) is 98.3 Å². The molecule has 0 rings (SSSR count). The molecule has 0 radical (unpaired) electrons. The quantitative estimate of drug-likeness (QED) is 0.223. The van der Waals surface area contributed by atoms with E-state index >= 15 is 0 Å². The van der Waals surface area contributed by atoms with E-state index in [1.807, 2.05) is 0 Å². The Balaban J connectivity index is 4.48. The van der Waals surface area contributed by atoms with Crippen molar-refractivity contribution in [1.29, 1.82) is 0 Å². The zero-order chi connectivity index (χ0) is 16.2. The maximum atomic E-state index is 6.29. The molecule has 0 aromatic carbocycles. The van der Waals surface area contributed by atoms with E-state index in [1.54, 1.807) is 13.3 Å². The average molecular weight is 421 g/mol. The minimum atomic E-state index is -2.00. The monoisotopic (exact) mass is 422 g/mol. The first-order chi connectivity index (χ1) is 9.89. The molecule has 21 heavy (non-hydrogen) atoms. The molecule has 0 saturated heterocycles. The van der Waals surface area contributed by atoms with E-state index in [1.165, 1.54) is 49.2 Å². The van der Waals surface area contributed by atoms with Gasteiger partial charge in [-0.15, -0.1) is 0 Å². The van der Waals surface area contributed by atoms with Crippen molar-refractivity contribution in [2.75, 3.05) is 11.2 Å². The van der Waals surface area contributed by atoms with Gasteiger partial charge in [-0.05, 0) is 0 Å². The molecule has 0 saturated carbocycles. The molecule has 0 bridgehead atoms. The summed E-state index contributed by atoms with van der Waals surface area (Å²) in [5, 5.41) is 0. The van der Waals surface area contributed by atoms with Gasteiger partial charge in [0.15, 0.2) is 0 Å². The van der Waals surface area contributed by atoms with Crippen LogP contribution < -0.4 is 0 Å². The summed E-state index contributed by atoms with van der Waals surface area (Å²) < 4.78 is 12.3. The van der Waals surface area contributed by atoms with Crippen molar-refractivity contribution in [3.63, 3.8) is 0 Å². The third-order valence-corrected chi connectivity index (χ3v) is 20.7. The number of hydrogen-bond donors (Lipinski definition) is 0. The molecule has 0 spiro atoms. The van der Waals surface area contributed by atoms with Crippen LogP contribution in [0.1, 0.15) is 59.3 Å². The van der Waals surface area contributed by atoms with Crippen molar-refractivity contribution < 1.29 is 4.74 Å². The number of unbranched alkanes of at least 4 members (excludes halogenated alkanes) is 3. The van der Waals surface area contributed by atoms with Gasteiger partial charge in [0.1, 0.15) is 0 Å². The molecular weight excluding hydrogens is 379 g/mol. The molecule has 1 nitrogen and oxygen atoms in total. The van der Waals surface area contributed by atoms with Crippen LogP contribution in [0, 0.1) is 0 Å². The molecule has 0 amide bonds. The second kappa shape index (κ2) is 12.4. The van der Waals surface area contributed by atoms with Gasteiger partial charge in [0.25, 0.3) is 0 Å². The molecule has 0 aliphatic rings. The number of hydrogen-bond acceptors (Lipinski definition) is 1. The second-order valence-electron chi connectivity index (χ2n) is 8.17. The van der Waals surface area contributed by atoms with Crippen molar-refractivity contribution in [2.24, 2.45) is 0 Å². The van der Waals surface area contributed by atoms with Crippen molar-refractivity contribution in [3.05, 3.63) is 0 Å². The van der Waals surface area contributed by atoms with Gasteiger partial charge in [0.05, 0.1) is 0 Å². The molecule has 0 aromatic rings. The van der Waals surface area contributed by atoms with Crippen LogP contribution in [-0.2, 0) is 4.74 Å². The fourth-order valence-corrected chi connectivity index (χ4v) is 18.1. The van der Waals surface area contributed by atoms with Gasteiger partial charge in [0, 0.05) is 0 Å². The maximum absolute atomic E-state index is 6.29. The normalized spacial score (nSPS) is 12.9. The van der Waals surface area contributed by atoms with Crippen LogP contribution in [0.4, 0.5) is 0 Å². The average Bonchev–Trinajstić information content (AvgIpc) is 2.43. The standard InChI is InChI=1S/C6H15OSi.3C4H9.Sn/c1-7-5-6-8(2,3)4;3*1-3-4-2;/h1,5-6H2,2-4H3;3*1,3-4H2,2H3;. The molecule has 0 aliphatic heterocycles. The Hall–Kier alpha value is 0.976. The van der Waals surface area contributed by atoms with Crippen LogP contribution in [-0.4, -0.2) is 37.7 Å². The van der Waals surface area contributed by atoms with E-state index in [4.69, 9.17) is 4.74 Å². The Morgan fingerprint density at radius 2 is 1.19 bits per heavy atom. The summed E-state index contributed by atoms with van der Waals surface area (Å²) in [5.74, 6) is 0. The Morgan fingerprint density at radius 3 is 1.52 bits per heavy atom. The molecule has 3 heteroatoms. The zero-order valence-corrected chi connectivity index (χ0v) is 19.7. The first-order valence-electron chi connectivity index (χ1n) is 9.47. The molecule has 0 aromatic heterocycles. The van der Waals surface area contributed by atoms with E-state index < -0.39 is 26.5 Å². The van der Waals surface area contributed by atoms with Crippen LogP contribution in [0.3, 0.4) is 0 Å². The topological polar surface area (TPSA) is 9.23 Å². The fourth-order valence-electron chi connectivity index (χ4n) is 2.91. The zero-order valence-electron chi connectivity index (χ0n) is 15.9. The van der Waals surface area contributed by atoms with Crippen molar-refractivity contribution in [3.8, 4) is 0 Å². The van der Waals surface area contributed by atoms with Gasteiger partial charge in [-0.1, -0.05) is 0 Å². The van der Waals surface area contributed by atoms with Crippen molar-refractivity contribution >= 4 is 26.5 Å². The molecule has 0 N–H and O–H groups in total. The Bertz CT molecular complexity index is 216. The molecule has 0 heterocycles. The summed E-state index contributed by atoms with van der Waals surface area (Å²) in [7, 11) is -0.931. The Labute approximate surface area is 140 Å². The molecule has 0 atom stereocenters. The minimum absolute atomic E-state index is 0.931. The molecule has 0 fully saturated rings. The summed E-state index contributed by atoms with van der Waals surface area (Å²) in [6.07, 6.45) is 8.48. The van der Waals surface area contributed by atoms with Crippen LogP contribution in [0.15, 0.2) is 0 Å². The van der Waals surface area contributed by atoms with Gasteiger partial charge in [-0.2, -0.15) is 0 Å². The van der Waals surface area contributed by atoms with Crippen LogP contribution >= 0.6 is 0 Å². The SMILES string of the molecule is CCC[CH2][Sn]([CH2]CCC)([CH2]CCC)[CH2]OCC[Si](C)(C)C. The predicted octanol–water partition coefficient (Wildman–Crippen LogP) is 6.73. The summed E-state index contributed by atoms with van der Waals surface area (Å²) in [6.45, 7) is 15.5. The van der Waals surface area contributed by atoms with Crippen LogP contribution in [0.25, 0.3) is 0 Å². The first kappa shape index (κ1) is 22.0. The summed E-state index contributed by atoms with van der Waals surface area (Å²) in [5.41, 5.74) is 0. The van der Waals surface area contributed by atoms with Crippen molar-refractivity contribution in [1.82, 2.24) is 0 Å². The van der Waals surface area contributed by atoms with E-state index in [-0.39, 0.29) is 0 Å². The summed E-state index contributed by atoms with van der Waals surface area (Å²) in [4.78, 5) is 0. The van der Waals surface area contributed by atoms with E-state index in [0.717, 1.165) is 6.61 Å². The summed E-state index contributed by atoms with van der Waals surface area (Å²) >= 11 is -2.00. The van der Waals surface area contributed by atoms with Gasteiger partial charge in [-0.3, -0.25) is 0 Å². The number of ether oxygens (including phenoxy) is 1. The predicted molar refractivity (Wildman–Crippen MR) is 104 cm³/mol. The summed E-state index contributed by atoms with van der Waals surface area (Å²) in [6, 6.07) is 1.34. The molecular formula is C18H42OSiSn. The first-order valence-corrected chi connectivity index (χ1v) is 21.2. The van der Waals surface area contributed by atoms with E-state index in [0.29, 0.717) is 0 Å². The Morgan fingerprint density at radius 1 is 0.762 bits per heavy atom. The van der Waals surface area contributed by atoms with Gasteiger partial charge < -0.3 is 0 Å². The van der Waals surface area contributed by atoms with Gasteiger partial charge in [0.2, 0.25) is 0 Å². The second-order valence-corrected chi connectivity index (χ2v) is 27.5. The van der Waals surface area contributed by atoms with Crippen LogP contribution in [0.5, 0.6) is 0 Å². The third-order valence-electron chi connectivity index (χ3n) is 4.59. The Kier molecular flexibility index (Phi) is 13.0. The van der Waals surface area contributed by atoms with Crippen LogP contribution in [0.2, 0.25) is 39.0 Å². The fraction of sp³-hybridized carbons (Fsp3) is 1.00. The molecule has 0 unspecified atom stereocenters.